The normalized spacial score (nSPS) is 26.1. The van der Waals surface area contributed by atoms with Gasteiger partial charge in [-0.25, -0.2) is 0 Å². The lowest BCUT2D eigenvalue weighted by Gasteiger charge is -2.38. The molecule has 0 saturated carbocycles. The molecular formula is C19H31Cl2N3O2. The summed E-state index contributed by atoms with van der Waals surface area (Å²) in [5.41, 5.74) is 7.49. The number of nitrogens with two attached hydrogens (primary N) is 1. The van der Waals surface area contributed by atoms with Crippen LogP contribution in [0.1, 0.15) is 32.3 Å². The molecule has 1 aromatic carbocycles. The molecule has 0 bridgehead atoms. The molecule has 0 spiro atoms. The monoisotopic (exact) mass is 403 g/mol. The number of nitrogens with zero attached hydrogens (tertiary/aromatic N) is 2. The standard InChI is InChI=1S/C19H29N3O2.2ClH/c1-14-11-21(12-15(2)24-14)13-18-4-3-9-22(18)19(23)10-16-5-7-17(20)8-6-16;;/h5-8,14-15,18H,3-4,9-13,20H2,1-2H3;2*1H. The molecule has 148 valence electrons. The van der Waals surface area contributed by atoms with E-state index in [0.717, 1.165) is 50.3 Å². The summed E-state index contributed by atoms with van der Waals surface area (Å²) in [4.78, 5) is 17.3. The van der Waals surface area contributed by atoms with Crippen LogP contribution in [0.2, 0.25) is 0 Å². The molecule has 3 rings (SSSR count). The van der Waals surface area contributed by atoms with Gasteiger partial charge in [-0.1, -0.05) is 12.1 Å². The highest BCUT2D eigenvalue weighted by Gasteiger charge is 2.32. The van der Waals surface area contributed by atoms with Crippen molar-refractivity contribution in [2.24, 2.45) is 0 Å². The van der Waals surface area contributed by atoms with Crippen molar-refractivity contribution in [2.75, 3.05) is 31.9 Å². The minimum atomic E-state index is 0. The van der Waals surface area contributed by atoms with Crippen molar-refractivity contribution in [3.05, 3.63) is 29.8 Å². The summed E-state index contributed by atoms with van der Waals surface area (Å²) in [5.74, 6) is 0.233. The summed E-state index contributed by atoms with van der Waals surface area (Å²) in [7, 11) is 0. The molecule has 2 fully saturated rings. The molecule has 1 aromatic rings. The number of anilines is 1. The topological polar surface area (TPSA) is 58.8 Å². The zero-order valence-electron chi connectivity index (χ0n) is 15.6. The maximum absolute atomic E-state index is 12.7. The average Bonchev–Trinajstić information content (AvgIpc) is 2.96. The van der Waals surface area contributed by atoms with Crippen molar-refractivity contribution in [1.82, 2.24) is 9.80 Å². The number of benzene rings is 1. The van der Waals surface area contributed by atoms with Gasteiger partial charge in [0, 0.05) is 37.9 Å². The van der Waals surface area contributed by atoms with Crippen molar-refractivity contribution in [3.63, 3.8) is 0 Å². The molecular weight excluding hydrogens is 373 g/mol. The van der Waals surface area contributed by atoms with E-state index in [1.165, 1.54) is 0 Å². The number of amides is 1. The SMILES string of the molecule is CC1CN(CC2CCCN2C(=O)Cc2ccc(N)cc2)CC(C)O1.Cl.Cl. The van der Waals surface area contributed by atoms with Crippen molar-refractivity contribution in [1.29, 1.82) is 0 Å². The highest BCUT2D eigenvalue weighted by atomic mass is 35.5. The average molecular weight is 404 g/mol. The zero-order chi connectivity index (χ0) is 17.1. The quantitative estimate of drug-likeness (QED) is 0.785. The van der Waals surface area contributed by atoms with Crippen molar-refractivity contribution < 1.29 is 9.53 Å². The Bertz CT molecular complexity index is 560. The second-order valence-corrected chi connectivity index (χ2v) is 7.28. The van der Waals surface area contributed by atoms with Crippen LogP contribution < -0.4 is 5.73 Å². The van der Waals surface area contributed by atoms with E-state index in [2.05, 4.69) is 23.6 Å². The van der Waals surface area contributed by atoms with Gasteiger partial charge >= 0.3 is 0 Å². The zero-order valence-corrected chi connectivity index (χ0v) is 17.2. The number of carbonyl (C=O) groups is 1. The summed E-state index contributed by atoms with van der Waals surface area (Å²) in [6.45, 7) is 8.02. The Kier molecular flexibility index (Phi) is 9.17. The van der Waals surface area contributed by atoms with Gasteiger partial charge in [0.15, 0.2) is 0 Å². The van der Waals surface area contributed by atoms with E-state index in [-0.39, 0.29) is 42.9 Å². The molecule has 7 heteroatoms. The van der Waals surface area contributed by atoms with Crippen LogP contribution in [0.3, 0.4) is 0 Å². The van der Waals surface area contributed by atoms with Crippen molar-refractivity contribution in [2.45, 2.75) is 51.4 Å². The van der Waals surface area contributed by atoms with E-state index in [0.29, 0.717) is 12.5 Å². The number of nitrogen functional groups attached to an aromatic ring is 1. The molecule has 2 aliphatic heterocycles. The number of morpholine rings is 1. The van der Waals surface area contributed by atoms with Crippen LogP contribution in [0, 0.1) is 0 Å². The Labute approximate surface area is 169 Å². The van der Waals surface area contributed by atoms with Gasteiger partial charge in [0.25, 0.3) is 0 Å². The summed E-state index contributed by atoms with van der Waals surface area (Å²) in [6, 6.07) is 7.96. The van der Waals surface area contributed by atoms with Crippen LogP contribution in [0.15, 0.2) is 24.3 Å². The Balaban J connectivity index is 0.00000169. The largest absolute Gasteiger partial charge is 0.399 e. The third kappa shape index (κ3) is 6.02. The molecule has 2 N–H and O–H groups in total. The number of hydrogen-bond donors (Lipinski definition) is 1. The fourth-order valence-corrected chi connectivity index (χ4v) is 4.00. The molecule has 3 atom stereocenters. The molecule has 0 aromatic heterocycles. The fourth-order valence-electron chi connectivity index (χ4n) is 4.00. The Morgan fingerprint density at radius 2 is 1.77 bits per heavy atom. The molecule has 0 aliphatic carbocycles. The first-order chi connectivity index (χ1) is 11.5. The van der Waals surface area contributed by atoms with Crippen LogP contribution in [0.4, 0.5) is 5.69 Å². The van der Waals surface area contributed by atoms with Crippen LogP contribution >= 0.6 is 24.8 Å². The maximum atomic E-state index is 12.7. The molecule has 2 aliphatic rings. The summed E-state index contributed by atoms with van der Waals surface area (Å²) in [5, 5.41) is 0. The minimum absolute atomic E-state index is 0. The van der Waals surface area contributed by atoms with E-state index in [9.17, 15) is 4.79 Å². The van der Waals surface area contributed by atoms with Crippen LogP contribution in [-0.4, -0.2) is 60.1 Å². The predicted octanol–water partition coefficient (Wildman–Crippen LogP) is 2.76. The van der Waals surface area contributed by atoms with Crippen molar-refractivity contribution in [3.8, 4) is 0 Å². The molecule has 5 nitrogen and oxygen atoms in total. The number of hydrogen-bond acceptors (Lipinski definition) is 4. The molecule has 2 saturated heterocycles. The first kappa shape index (κ1) is 23.0. The number of rotatable bonds is 4. The van der Waals surface area contributed by atoms with Crippen LogP contribution in [0.25, 0.3) is 0 Å². The second-order valence-electron chi connectivity index (χ2n) is 7.28. The molecule has 1 amide bonds. The lowest BCUT2D eigenvalue weighted by atomic mass is 10.1. The number of ether oxygens (including phenoxy) is 1. The Morgan fingerprint density at radius 1 is 1.15 bits per heavy atom. The smallest absolute Gasteiger partial charge is 0.227 e. The van der Waals surface area contributed by atoms with Gasteiger partial charge in [-0.15, -0.1) is 24.8 Å². The van der Waals surface area contributed by atoms with Crippen molar-refractivity contribution >= 4 is 36.4 Å². The third-order valence-corrected chi connectivity index (χ3v) is 5.00. The van der Waals surface area contributed by atoms with Gasteiger partial charge in [0.05, 0.1) is 18.6 Å². The van der Waals surface area contributed by atoms with Gasteiger partial charge in [0.1, 0.15) is 0 Å². The maximum Gasteiger partial charge on any atom is 0.227 e. The second kappa shape index (κ2) is 10.4. The third-order valence-electron chi connectivity index (χ3n) is 5.00. The lowest BCUT2D eigenvalue weighted by molar-refractivity contribution is -0.132. The van der Waals surface area contributed by atoms with Crippen LogP contribution in [0.5, 0.6) is 0 Å². The molecule has 3 unspecified atom stereocenters. The van der Waals surface area contributed by atoms with E-state index >= 15 is 0 Å². The van der Waals surface area contributed by atoms with E-state index in [1.54, 1.807) is 0 Å². The first-order valence-corrected chi connectivity index (χ1v) is 9.03. The van der Waals surface area contributed by atoms with Gasteiger partial charge in [-0.3, -0.25) is 9.69 Å². The molecule has 0 radical (unpaired) electrons. The predicted molar refractivity (Wildman–Crippen MR) is 110 cm³/mol. The van der Waals surface area contributed by atoms with Crippen LogP contribution in [-0.2, 0) is 16.0 Å². The first-order valence-electron chi connectivity index (χ1n) is 9.03. The summed E-state index contributed by atoms with van der Waals surface area (Å²) in [6.07, 6.45) is 3.22. The molecule has 26 heavy (non-hydrogen) atoms. The molecule has 2 heterocycles. The Morgan fingerprint density at radius 3 is 2.38 bits per heavy atom. The highest BCUT2D eigenvalue weighted by molar-refractivity contribution is 5.85. The number of likely N-dealkylation sites (tertiary alicyclic amines) is 1. The summed E-state index contributed by atoms with van der Waals surface area (Å²) < 4.78 is 5.81. The van der Waals surface area contributed by atoms with Gasteiger partial charge in [0.2, 0.25) is 5.91 Å². The lowest BCUT2D eigenvalue weighted by Crippen LogP contribution is -2.51. The fraction of sp³-hybridized carbons (Fsp3) is 0.632. The minimum Gasteiger partial charge on any atom is -0.399 e. The van der Waals surface area contributed by atoms with E-state index in [1.807, 2.05) is 24.3 Å². The highest BCUT2D eigenvalue weighted by Crippen LogP contribution is 2.22. The van der Waals surface area contributed by atoms with Gasteiger partial charge in [-0.05, 0) is 44.4 Å². The number of halogens is 2. The van der Waals surface area contributed by atoms with Gasteiger partial charge in [-0.2, -0.15) is 0 Å². The van der Waals surface area contributed by atoms with E-state index in [4.69, 9.17) is 10.5 Å². The Hall–Kier alpha value is -1.01. The summed E-state index contributed by atoms with van der Waals surface area (Å²) >= 11 is 0. The number of carbonyl (C=O) groups excluding carboxylic acids is 1. The van der Waals surface area contributed by atoms with Gasteiger partial charge < -0.3 is 15.4 Å². The van der Waals surface area contributed by atoms with E-state index < -0.39 is 0 Å².